The second-order valence-electron chi connectivity index (χ2n) is 6.98. The van der Waals surface area contributed by atoms with Crippen LogP contribution in [-0.4, -0.2) is 43.2 Å². The molecule has 0 saturated carbocycles. The molecule has 1 aliphatic heterocycles. The fourth-order valence-corrected chi connectivity index (χ4v) is 2.76. The molecular formula is C20H29N3O2. The van der Waals surface area contributed by atoms with Crippen molar-refractivity contribution in [2.75, 3.05) is 20.1 Å². The summed E-state index contributed by atoms with van der Waals surface area (Å²) in [5.74, 6) is 3.67. The second-order valence-corrected chi connectivity index (χ2v) is 6.98. The molecule has 2 amide bonds. The summed E-state index contributed by atoms with van der Waals surface area (Å²) in [5.41, 5.74) is 1.02. The lowest BCUT2D eigenvalue weighted by molar-refractivity contribution is 0.114. The van der Waals surface area contributed by atoms with Gasteiger partial charge in [-0.15, -0.1) is 6.42 Å². The third kappa shape index (κ3) is 6.32. The van der Waals surface area contributed by atoms with E-state index in [2.05, 4.69) is 28.5 Å². The van der Waals surface area contributed by atoms with Gasteiger partial charge < -0.3 is 20.3 Å². The summed E-state index contributed by atoms with van der Waals surface area (Å²) in [6.07, 6.45) is 7.84. The maximum absolute atomic E-state index is 11.9. The Labute approximate surface area is 151 Å². The molecule has 5 nitrogen and oxygen atoms in total. The van der Waals surface area contributed by atoms with Gasteiger partial charge in [-0.05, 0) is 43.5 Å². The van der Waals surface area contributed by atoms with Gasteiger partial charge in [0.25, 0.3) is 0 Å². The molecule has 1 fully saturated rings. The molecule has 1 aromatic rings. The highest BCUT2D eigenvalue weighted by Crippen LogP contribution is 2.19. The lowest BCUT2D eigenvalue weighted by Crippen LogP contribution is -2.43. The summed E-state index contributed by atoms with van der Waals surface area (Å²) >= 11 is 0. The van der Waals surface area contributed by atoms with Crippen LogP contribution in [0.25, 0.3) is 0 Å². The van der Waals surface area contributed by atoms with E-state index in [1.807, 2.05) is 38.1 Å². The number of likely N-dealkylation sites (tertiary alicyclic amines) is 1. The Morgan fingerprint density at radius 1 is 1.32 bits per heavy atom. The first kappa shape index (κ1) is 19.1. The Morgan fingerprint density at radius 2 is 1.96 bits per heavy atom. The number of nitrogens with one attached hydrogen (secondary N) is 2. The molecule has 0 unspecified atom stereocenters. The molecule has 1 saturated heterocycles. The van der Waals surface area contributed by atoms with Crippen LogP contribution in [0.4, 0.5) is 4.79 Å². The fourth-order valence-electron chi connectivity index (χ4n) is 2.76. The largest absolute Gasteiger partial charge is 0.490 e. The number of urea groups is 1. The number of rotatable bonds is 6. The van der Waals surface area contributed by atoms with Crippen molar-refractivity contribution in [3.8, 4) is 18.1 Å². The van der Waals surface area contributed by atoms with Crippen LogP contribution in [0.5, 0.6) is 5.75 Å². The minimum absolute atomic E-state index is 0.201. The molecule has 0 bridgehead atoms. The van der Waals surface area contributed by atoms with E-state index in [-0.39, 0.29) is 18.0 Å². The van der Waals surface area contributed by atoms with Gasteiger partial charge >= 0.3 is 6.03 Å². The number of benzene rings is 1. The van der Waals surface area contributed by atoms with E-state index in [4.69, 9.17) is 11.2 Å². The molecule has 1 aliphatic rings. The lowest BCUT2D eigenvalue weighted by atomic mass is 10.1. The monoisotopic (exact) mass is 343 g/mol. The van der Waals surface area contributed by atoms with Crippen LogP contribution in [0.3, 0.4) is 0 Å². The van der Waals surface area contributed by atoms with Gasteiger partial charge in [0.1, 0.15) is 11.9 Å². The topological polar surface area (TPSA) is 53.6 Å². The molecule has 25 heavy (non-hydrogen) atoms. The van der Waals surface area contributed by atoms with Crippen LogP contribution >= 0.6 is 0 Å². The Kier molecular flexibility index (Phi) is 7.15. The summed E-state index contributed by atoms with van der Waals surface area (Å²) in [4.78, 5) is 14.2. The van der Waals surface area contributed by atoms with Crippen molar-refractivity contribution in [3.63, 3.8) is 0 Å². The molecule has 5 heteroatoms. The molecule has 0 aliphatic carbocycles. The van der Waals surface area contributed by atoms with E-state index in [1.54, 1.807) is 0 Å². The van der Waals surface area contributed by atoms with Gasteiger partial charge in [-0.3, -0.25) is 0 Å². The summed E-state index contributed by atoms with van der Waals surface area (Å²) < 4.78 is 6.03. The summed E-state index contributed by atoms with van der Waals surface area (Å²) in [6.45, 7) is 6.57. The number of carbonyl (C=O) groups is 1. The van der Waals surface area contributed by atoms with Crippen LogP contribution in [0.1, 0.15) is 32.3 Å². The van der Waals surface area contributed by atoms with Crippen LogP contribution in [0.2, 0.25) is 0 Å². The van der Waals surface area contributed by atoms with Crippen molar-refractivity contribution in [1.29, 1.82) is 0 Å². The Hall–Kier alpha value is -2.19. The predicted molar refractivity (Wildman–Crippen MR) is 100 cm³/mol. The Bertz CT molecular complexity index is 584. The molecule has 136 valence electrons. The van der Waals surface area contributed by atoms with Crippen LogP contribution in [0, 0.1) is 18.3 Å². The van der Waals surface area contributed by atoms with Crippen molar-refractivity contribution in [2.24, 2.45) is 5.92 Å². The maximum atomic E-state index is 11.9. The zero-order chi connectivity index (χ0) is 18.2. The molecule has 0 radical (unpaired) electrons. The normalized spacial score (nSPS) is 16.9. The summed E-state index contributed by atoms with van der Waals surface area (Å²) in [5, 5.41) is 5.62. The van der Waals surface area contributed by atoms with Crippen LogP contribution in [-0.2, 0) is 6.54 Å². The minimum Gasteiger partial charge on any atom is -0.490 e. The third-order valence-corrected chi connectivity index (χ3v) is 4.48. The van der Waals surface area contributed by atoms with E-state index in [9.17, 15) is 4.79 Å². The number of amides is 2. The smallest absolute Gasteiger partial charge is 0.316 e. The molecular weight excluding hydrogens is 314 g/mol. The summed E-state index contributed by atoms with van der Waals surface area (Å²) in [6, 6.07) is 7.38. The quantitative estimate of drug-likeness (QED) is 0.781. The molecule has 1 heterocycles. The number of hydrogen-bond acceptors (Lipinski definition) is 3. The third-order valence-electron chi connectivity index (χ3n) is 4.48. The van der Waals surface area contributed by atoms with E-state index < -0.39 is 0 Å². The van der Waals surface area contributed by atoms with E-state index in [0.29, 0.717) is 12.6 Å². The van der Waals surface area contributed by atoms with Gasteiger partial charge in [0, 0.05) is 19.6 Å². The van der Waals surface area contributed by atoms with Crippen molar-refractivity contribution in [2.45, 2.75) is 45.4 Å². The maximum Gasteiger partial charge on any atom is 0.316 e. The number of nitrogens with zero attached hydrogens (tertiary/aromatic N) is 1. The number of terminal acetylenes is 1. The first-order valence-corrected chi connectivity index (χ1v) is 8.92. The van der Waals surface area contributed by atoms with Gasteiger partial charge in [-0.1, -0.05) is 31.9 Å². The van der Waals surface area contributed by atoms with E-state index >= 15 is 0 Å². The van der Waals surface area contributed by atoms with Gasteiger partial charge in [0.05, 0.1) is 6.04 Å². The number of hydrogen-bond donors (Lipinski definition) is 2. The number of carbonyl (C=O) groups excluding carboxylic acids is 1. The zero-order valence-electron chi connectivity index (χ0n) is 15.4. The molecule has 1 atom stereocenters. The molecule has 0 aromatic heterocycles. The van der Waals surface area contributed by atoms with Crippen molar-refractivity contribution < 1.29 is 9.53 Å². The SMILES string of the molecule is C#C[C@@H](NC(=O)NCc1ccc(OC2CCN(C)CC2)cc1)C(C)C. The molecule has 2 rings (SSSR count). The molecule has 0 spiro atoms. The number of ether oxygens (including phenoxy) is 1. The Balaban J connectivity index is 1.76. The highest BCUT2D eigenvalue weighted by molar-refractivity contribution is 5.74. The fraction of sp³-hybridized carbons (Fsp3) is 0.550. The van der Waals surface area contributed by atoms with Gasteiger partial charge in [0.15, 0.2) is 0 Å². The van der Waals surface area contributed by atoms with Crippen molar-refractivity contribution in [1.82, 2.24) is 15.5 Å². The highest BCUT2D eigenvalue weighted by atomic mass is 16.5. The average Bonchev–Trinajstić information content (AvgIpc) is 2.60. The van der Waals surface area contributed by atoms with E-state index in [1.165, 1.54) is 0 Å². The zero-order valence-corrected chi connectivity index (χ0v) is 15.4. The predicted octanol–water partition coefficient (Wildman–Crippen LogP) is 2.62. The lowest BCUT2D eigenvalue weighted by Gasteiger charge is -2.29. The molecule has 2 N–H and O–H groups in total. The van der Waals surface area contributed by atoms with Gasteiger partial charge in [-0.2, -0.15) is 0 Å². The van der Waals surface area contributed by atoms with E-state index in [0.717, 1.165) is 37.2 Å². The van der Waals surface area contributed by atoms with Gasteiger partial charge in [-0.25, -0.2) is 4.79 Å². The van der Waals surface area contributed by atoms with Crippen molar-refractivity contribution >= 4 is 6.03 Å². The summed E-state index contributed by atoms with van der Waals surface area (Å²) in [7, 11) is 2.14. The van der Waals surface area contributed by atoms with Crippen LogP contribution < -0.4 is 15.4 Å². The highest BCUT2D eigenvalue weighted by Gasteiger charge is 2.18. The average molecular weight is 343 g/mol. The minimum atomic E-state index is -0.259. The Morgan fingerprint density at radius 3 is 2.52 bits per heavy atom. The van der Waals surface area contributed by atoms with Crippen molar-refractivity contribution in [3.05, 3.63) is 29.8 Å². The van der Waals surface area contributed by atoms with Gasteiger partial charge in [0.2, 0.25) is 0 Å². The first-order valence-electron chi connectivity index (χ1n) is 8.92. The van der Waals surface area contributed by atoms with Crippen LogP contribution in [0.15, 0.2) is 24.3 Å². The first-order chi connectivity index (χ1) is 12.0. The number of piperidine rings is 1. The second kappa shape index (κ2) is 9.33. The molecule has 1 aromatic carbocycles. The standard InChI is InChI=1S/C20H29N3O2/c1-5-19(15(2)3)22-20(24)21-14-16-6-8-17(9-7-16)25-18-10-12-23(4)13-11-18/h1,6-9,15,18-19H,10-14H2,2-4H3,(H2,21,22,24)/t19-/m1/s1.